The Kier molecular flexibility index (Phi) is 7.22. The van der Waals surface area contributed by atoms with E-state index in [9.17, 15) is 4.79 Å². The fourth-order valence-electron chi connectivity index (χ4n) is 7.40. The van der Waals surface area contributed by atoms with E-state index in [0.717, 1.165) is 79.3 Å². The van der Waals surface area contributed by atoms with Crippen LogP contribution in [0.4, 0.5) is 5.69 Å². The first-order valence-corrected chi connectivity index (χ1v) is 14.8. The van der Waals surface area contributed by atoms with Gasteiger partial charge in [0.1, 0.15) is 5.75 Å². The van der Waals surface area contributed by atoms with E-state index in [1.165, 1.54) is 32.1 Å². The van der Waals surface area contributed by atoms with Gasteiger partial charge in [-0.2, -0.15) is 4.98 Å². The minimum Gasteiger partial charge on any atom is -0.497 e. The van der Waals surface area contributed by atoms with Crippen molar-refractivity contribution in [2.45, 2.75) is 89.4 Å². The van der Waals surface area contributed by atoms with Crippen LogP contribution in [0.5, 0.6) is 5.75 Å². The van der Waals surface area contributed by atoms with Crippen LogP contribution in [-0.4, -0.2) is 29.7 Å². The first-order chi connectivity index (χ1) is 19.0. The van der Waals surface area contributed by atoms with E-state index in [1.54, 1.807) is 7.11 Å². The highest BCUT2D eigenvalue weighted by atomic mass is 16.5. The minimum absolute atomic E-state index is 0.0201. The van der Waals surface area contributed by atoms with Gasteiger partial charge in [0.2, 0.25) is 11.8 Å². The maximum absolute atomic E-state index is 14.1. The average molecular weight is 528 g/mol. The number of ether oxygens (including phenoxy) is 1. The molecular formula is C33H41N3O3. The lowest BCUT2D eigenvalue weighted by Crippen LogP contribution is -2.51. The third-order valence-corrected chi connectivity index (χ3v) is 9.93. The van der Waals surface area contributed by atoms with Gasteiger partial charge in [0.05, 0.1) is 7.11 Å². The maximum Gasteiger partial charge on any atom is 0.232 e. The van der Waals surface area contributed by atoms with Crippen molar-refractivity contribution >= 4 is 11.6 Å². The largest absolute Gasteiger partial charge is 0.497 e. The molecule has 39 heavy (non-hydrogen) atoms. The summed E-state index contributed by atoms with van der Waals surface area (Å²) in [5.74, 6) is 3.18. The summed E-state index contributed by atoms with van der Waals surface area (Å²) in [5.41, 5.74) is 3.39. The summed E-state index contributed by atoms with van der Waals surface area (Å²) in [6.45, 7) is 2.69. The molecule has 3 aromatic rings. The Morgan fingerprint density at radius 2 is 1.67 bits per heavy atom. The lowest BCUT2D eigenvalue weighted by Gasteiger charge is -2.53. The van der Waals surface area contributed by atoms with Crippen LogP contribution in [0.2, 0.25) is 0 Å². The predicted molar refractivity (Wildman–Crippen MR) is 153 cm³/mol. The number of fused-ring (bicyclic) bond motifs is 3. The molecular weight excluding hydrogens is 486 g/mol. The molecule has 0 radical (unpaired) electrons. The topological polar surface area (TPSA) is 68.5 Å². The smallest absolute Gasteiger partial charge is 0.232 e. The number of carbonyl (C=O) groups is 1. The molecule has 2 aromatic carbocycles. The number of carbonyl (C=O) groups excluding carboxylic acids is 1. The average Bonchev–Trinajstić information content (AvgIpc) is 3.44. The van der Waals surface area contributed by atoms with Gasteiger partial charge in [-0.1, -0.05) is 48.7 Å². The van der Waals surface area contributed by atoms with Crippen LogP contribution in [0, 0.1) is 18.3 Å². The van der Waals surface area contributed by atoms with Crippen molar-refractivity contribution in [2.24, 2.45) is 11.3 Å². The lowest BCUT2D eigenvalue weighted by molar-refractivity contribution is -0.120. The molecule has 1 heterocycles. The Balaban J connectivity index is 1.27. The standard InChI is InChI=1S/C33H41N3O3/c1-24-34-31(39-35-24)33-17-14-32(15-18-33,16-19-33)23-36(30(37)20-25-8-4-3-5-9-25)28-12-6-10-26(21-28)27-11-7-13-29(22-27)38-2/h6-7,10-13,21-22,25H,3-5,8-9,14-20,23H2,1-2H3. The molecule has 0 spiro atoms. The summed E-state index contributed by atoms with van der Waals surface area (Å²) < 4.78 is 11.1. The van der Waals surface area contributed by atoms with E-state index >= 15 is 0 Å². The van der Waals surface area contributed by atoms with Crippen molar-refractivity contribution in [3.05, 3.63) is 60.2 Å². The van der Waals surface area contributed by atoms with Crippen molar-refractivity contribution in [2.75, 3.05) is 18.6 Å². The first-order valence-electron chi connectivity index (χ1n) is 14.8. The van der Waals surface area contributed by atoms with Gasteiger partial charge in [0.25, 0.3) is 0 Å². The molecule has 0 unspecified atom stereocenters. The van der Waals surface area contributed by atoms with Crippen molar-refractivity contribution in [3.63, 3.8) is 0 Å². The van der Waals surface area contributed by atoms with E-state index in [4.69, 9.17) is 9.26 Å². The van der Waals surface area contributed by atoms with Crippen molar-refractivity contribution in [1.82, 2.24) is 10.1 Å². The van der Waals surface area contributed by atoms with Crippen LogP contribution in [0.3, 0.4) is 0 Å². The highest BCUT2D eigenvalue weighted by Gasteiger charge is 2.53. The van der Waals surface area contributed by atoms with E-state index < -0.39 is 0 Å². The van der Waals surface area contributed by atoms with Gasteiger partial charge in [-0.25, -0.2) is 0 Å². The molecule has 0 N–H and O–H groups in total. The van der Waals surface area contributed by atoms with Crippen molar-refractivity contribution < 1.29 is 14.1 Å². The van der Waals surface area contributed by atoms with Crippen LogP contribution in [0.15, 0.2) is 53.1 Å². The summed E-state index contributed by atoms with van der Waals surface area (Å²) in [6, 6.07) is 16.7. The zero-order valence-corrected chi connectivity index (χ0v) is 23.5. The summed E-state index contributed by atoms with van der Waals surface area (Å²) in [7, 11) is 1.70. The van der Waals surface area contributed by atoms with E-state index in [2.05, 4.69) is 51.4 Å². The first kappa shape index (κ1) is 26.1. The molecule has 0 atom stereocenters. The Hall–Kier alpha value is -3.15. The van der Waals surface area contributed by atoms with Gasteiger partial charge >= 0.3 is 0 Å². The molecule has 4 aliphatic carbocycles. The SMILES string of the molecule is COc1cccc(-c2cccc(N(CC34CCC(c5nc(C)no5)(CC3)CC4)C(=O)CC3CCCCC3)c2)c1. The number of benzene rings is 2. The lowest BCUT2D eigenvalue weighted by atomic mass is 9.53. The summed E-state index contributed by atoms with van der Waals surface area (Å²) in [5, 5.41) is 4.08. The zero-order valence-electron chi connectivity index (χ0n) is 23.5. The van der Waals surface area contributed by atoms with Gasteiger partial charge in [-0.3, -0.25) is 4.79 Å². The summed E-state index contributed by atoms with van der Waals surface area (Å²) in [4.78, 5) is 20.8. The number of amides is 1. The van der Waals surface area contributed by atoms with Gasteiger partial charge < -0.3 is 14.2 Å². The number of nitrogens with zero attached hydrogens (tertiary/aromatic N) is 3. The molecule has 0 aliphatic heterocycles. The number of anilines is 1. The van der Waals surface area contributed by atoms with Crippen molar-refractivity contribution in [1.29, 1.82) is 0 Å². The van der Waals surface area contributed by atoms with Crippen molar-refractivity contribution in [3.8, 4) is 16.9 Å². The second-order valence-corrected chi connectivity index (χ2v) is 12.4. The summed E-state index contributed by atoms with van der Waals surface area (Å²) in [6.07, 6.45) is 13.3. The van der Waals surface area contributed by atoms with Gasteiger partial charge in [0, 0.05) is 24.1 Å². The van der Waals surface area contributed by atoms with Gasteiger partial charge in [0.15, 0.2) is 5.82 Å². The molecule has 4 fully saturated rings. The fraction of sp³-hybridized carbons (Fsp3) is 0.545. The molecule has 6 heteroatoms. The maximum atomic E-state index is 14.1. The highest BCUT2D eigenvalue weighted by molar-refractivity contribution is 5.94. The molecule has 2 bridgehead atoms. The zero-order chi connectivity index (χ0) is 26.9. The normalized spacial score (nSPS) is 25.0. The number of rotatable bonds is 8. The van der Waals surface area contributed by atoms with E-state index in [-0.39, 0.29) is 16.7 Å². The second-order valence-electron chi connectivity index (χ2n) is 12.4. The Morgan fingerprint density at radius 1 is 0.974 bits per heavy atom. The molecule has 4 saturated carbocycles. The molecule has 4 aliphatic rings. The third-order valence-electron chi connectivity index (χ3n) is 9.93. The number of hydrogen-bond donors (Lipinski definition) is 0. The van der Waals surface area contributed by atoms with Crippen LogP contribution in [-0.2, 0) is 10.2 Å². The molecule has 0 saturated heterocycles. The number of hydrogen-bond acceptors (Lipinski definition) is 5. The van der Waals surface area contributed by atoms with E-state index in [1.807, 2.05) is 19.1 Å². The molecule has 1 amide bonds. The Bertz CT molecular complexity index is 1280. The number of aromatic nitrogens is 2. The van der Waals surface area contributed by atoms with Gasteiger partial charge in [-0.15, -0.1) is 0 Å². The fourth-order valence-corrected chi connectivity index (χ4v) is 7.40. The van der Waals surface area contributed by atoms with Crippen LogP contribution in [0.25, 0.3) is 11.1 Å². The van der Waals surface area contributed by atoms with Crippen LogP contribution in [0.1, 0.15) is 88.8 Å². The number of methoxy groups -OCH3 is 1. The highest BCUT2D eigenvalue weighted by Crippen LogP contribution is 2.58. The monoisotopic (exact) mass is 527 g/mol. The molecule has 1 aromatic heterocycles. The second kappa shape index (κ2) is 10.8. The van der Waals surface area contributed by atoms with Crippen LogP contribution >= 0.6 is 0 Å². The molecule has 206 valence electrons. The van der Waals surface area contributed by atoms with Crippen LogP contribution < -0.4 is 9.64 Å². The molecule has 6 nitrogen and oxygen atoms in total. The van der Waals surface area contributed by atoms with E-state index in [0.29, 0.717) is 12.3 Å². The Morgan fingerprint density at radius 3 is 2.33 bits per heavy atom. The third kappa shape index (κ3) is 5.35. The predicted octanol–water partition coefficient (Wildman–Crippen LogP) is 7.65. The number of aryl methyl sites for hydroxylation is 1. The van der Waals surface area contributed by atoms with Gasteiger partial charge in [-0.05, 0) is 105 Å². The summed E-state index contributed by atoms with van der Waals surface area (Å²) >= 11 is 0. The minimum atomic E-state index is 0.0201. The Labute approximate surface area is 232 Å². The quantitative estimate of drug-likeness (QED) is 0.301. The molecule has 7 rings (SSSR count).